The van der Waals surface area contributed by atoms with Gasteiger partial charge in [-0.1, -0.05) is 74.9 Å². The van der Waals surface area contributed by atoms with Gasteiger partial charge in [-0.25, -0.2) is 0 Å². The summed E-state index contributed by atoms with van der Waals surface area (Å²) < 4.78 is 0. The van der Waals surface area contributed by atoms with E-state index in [0.29, 0.717) is 5.92 Å². The van der Waals surface area contributed by atoms with E-state index in [2.05, 4.69) is 116 Å². The summed E-state index contributed by atoms with van der Waals surface area (Å²) in [6.07, 6.45) is 9.11. The lowest BCUT2D eigenvalue weighted by molar-refractivity contribution is 0.662. The van der Waals surface area contributed by atoms with Crippen LogP contribution in [0.25, 0.3) is 11.1 Å². The fourth-order valence-electron chi connectivity index (χ4n) is 3.49. The maximum absolute atomic E-state index is 3.52. The second kappa shape index (κ2) is 11.2. The van der Waals surface area contributed by atoms with E-state index in [4.69, 9.17) is 0 Å². The third kappa shape index (κ3) is 6.62. The molecule has 0 heterocycles. The van der Waals surface area contributed by atoms with E-state index in [-0.39, 0.29) is 0 Å². The molecule has 0 aromatic heterocycles. The van der Waals surface area contributed by atoms with E-state index in [1.54, 1.807) is 0 Å². The molecule has 2 heteroatoms. The molecular weight excluding hydrogens is 376 g/mol. The van der Waals surface area contributed by atoms with Crippen molar-refractivity contribution in [2.75, 3.05) is 10.6 Å². The summed E-state index contributed by atoms with van der Waals surface area (Å²) in [7, 11) is 0. The highest BCUT2D eigenvalue weighted by Gasteiger charge is 2.04. The first kappa shape index (κ1) is 22.4. The van der Waals surface area contributed by atoms with Crippen molar-refractivity contribution in [3.8, 4) is 11.1 Å². The highest BCUT2D eigenvalue weighted by molar-refractivity contribution is 5.70. The Morgan fingerprint density at radius 3 is 1.71 bits per heavy atom. The summed E-state index contributed by atoms with van der Waals surface area (Å²) in [6.45, 7) is 8.37. The molecule has 0 fully saturated rings. The monoisotopic (exact) mass is 410 g/mol. The van der Waals surface area contributed by atoms with Gasteiger partial charge in [0, 0.05) is 22.8 Å². The fraction of sp³-hybridized carbons (Fsp3) is 0.241. The van der Waals surface area contributed by atoms with Crippen LogP contribution >= 0.6 is 0 Å². The Hall–Kier alpha value is -3.26. The molecule has 1 unspecified atom stereocenters. The Morgan fingerprint density at radius 2 is 1.16 bits per heavy atom. The first-order chi connectivity index (χ1) is 15.2. The fourth-order valence-corrected chi connectivity index (χ4v) is 3.49. The standard InChI is InChI=1S/C27H28N2.C2H6/c1-20-4-3-5-24(13-6-20)28-26-16-9-22(10-17-26)23-11-18-27(19-12-23)29-25-14-7-21(2)8-15-25;1-2/h5-20,28-29H,3-4H2,1-2H3;1-2H3. The van der Waals surface area contributed by atoms with Crippen molar-refractivity contribution in [2.45, 2.75) is 40.5 Å². The number of allylic oxidation sites excluding steroid dienone is 3. The molecule has 1 aliphatic carbocycles. The van der Waals surface area contributed by atoms with Gasteiger partial charge in [0.05, 0.1) is 0 Å². The quantitative estimate of drug-likeness (QED) is 0.439. The van der Waals surface area contributed by atoms with Gasteiger partial charge in [-0.2, -0.15) is 0 Å². The van der Waals surface area contributed by atoms with E-state index in [0.717, 1.165) is 23.5 Å². The molecule has 31 heavy (non-hydrogen) atoms. The number of anilines is 3. The Balaban J connectivity index is 0.00000132. The van der Waals surface area contributed by atoms with Crippen LogP contribution < -0.4 is 10.6 Å². The lowest BCUT2D eigenvalue weighted by atomic mass is 10.0. The van der Waals surface area contributed by atoms with Crippen LogP contribution in [0.4, 0.5) is 17.1 Å². The molecule has 0 bridgehead atoms. The molecule has 2 N–H and O–H groups in total. The summed E-state index contributed by atoms with van der Waals surface area (Å²) in [5.74, 6) is 0.649. The van der Waals surface area contributed by atoms with Crippen molar-refractivity contribution in [3.63, 3.8) is 0 Å². The Kier molecular flexibility index (Phi) is 8.12. The van der Waals surface area contributed by atoms with Crippen molar-refractivity contribution in [2.24, 2.45) is 5.92 Å². The van der Waals surface area contributed by atoms with Gasteiger partial charge < -0.3 is 10.6 Å². The number of nitrogens with one attached hydrogen (secondary N) is 2. The largest absolute Gasteiger partial charge is 0.356 e. The Labute approximate surface area is 187 Å². The van der Waals surface area contributed by atoms with Crippen LogP contribution in [0.5, 0.6) is 0 Å². The van der Waals surface area contributed by atoms with E-state index in [9.17, 15) is 0 Å². The first-order valence-corrected chi connectivity index (χ1v) is 11.4. The maximum Gasteiger partial charge on any atom is 0.0384 e. The predicted octanol–water partition coefficient (Wildman–Crippen LogP) is 8.71. The van der Waals surface area contributed by atoms with E-state index in [1.807, 2.05) is 13.8 Å². The van der Waals surface area contributed by atoms with Crippen molar-refractivity contribution in [1.82, 2.24) is 0 Å². The summed E-state index contributed by atoms with van der Waals surface area (Å²) in [4.78, 5) is 0. The lowest BCUT2D eigenvalue weighted by Crippen LogP contribution is -1.96. The van der Waals surface area contributed by atoms with Gasteiger partial charge in [-0.3, -0.25) is 0 Å². The normalized spacial score (nSPS) is 15.2. The first-order valence-electron chi connectivity index (χ1n) is 11.4. The molecule has 0 saturated heterocycles. The Bertz CT molecular complexity index is 994. The third-order valence-corrected chi connectivity index (χ3v) is 5.32. The third-order valence-electron chi connectivity index (χ3n) is 5.32. The number of hydrogen-bond donors (Lipinski definition) is 2. The average Bonchev–Trinajstić information content (AvgIpc) is 3.02. The molecule has 3 aromatic carbocycles. The molecule has 1 atom stereocenters. The summed E-state index contributed by atoms with van der Waals surface area (Å²) in [5, 5.41) is 6.97. The zero-order chi connectivity index (χ0) is 22.1. The van der Waals surface area contributed by atoms with E-state index < -0.39 is 0 Å². The van der Waals surface area contributed by atoms with Gasteiger partial charge in [0.2, 0.25) is 0 Å². The number of rotatable bonds is 5. The van der Waals surface area contributed by atoms with Gasteiger partial charge in [0.1, 0.15) is 0 Å². The van der Waals surface area contributed by atoms with Crippen LogP contribution in [0.1, 0.15) is 39.2 Å². The molecular formula is C29H34N2. The van der Waals surface area contributed by atoms with Gasteiger partial charge in [0.15, 0.2) is 0 Å². The summed E-state index contributed by atoms with van der Waals surface area (Å²) >= 11 is 0. The van der Waals surface area contributed by atoms with Crippen molar-refractivity contribution >= 4 is 17.1 Å². The minimum Gasteiger partial charge on any atom is -0.356 e. The highest BCUT2D eigenvalue weighted by Crippen LogP contribution is 2.26. The van der Waals surface area contributed by atoms with Gasteiger partial charge >= 0.3 is 0 Å². The molecule has 2 nitrogen and oxygen atoms in total. The zero-order valence-corrected chi connectivity index (χ0v) is 19.2. The average molecular weight is 411 g/mol. The second-order valence-electron chi connectivity index (χ2n) is 7.84. The maximum atomic E-state index is 3.52. The smallest absolute Gasteiger partial charge is 0.0384 e. The Morgan fingerprint density at radius 1 is 0.677 bits per heavy atom. The van der Waals surface area contributed by atoms with Crippen molar-refractivity contribution in [3.05, 3.63) is 102 Å². The summed E-state index contributed by atoms with van der Waals surface area (Å²) in [6, 6.07) is 25.7. The van der Waals surface area contributed by atoms with Crippen LogP contribution in [0.15, 0.2) is 96.7 Å². The topological polar surface area (TPSA) is 24.1 Å². The number of hydrogen-bond acceptors (Lipinski definition) is 2. The molecule has 3 aromatic rings. The van der Waals surface area contributed by atoms with Crippen LogP contribution in [-0.2, 0) is 0 Å². The second-order valence-corrected chi connectivity index (χ2v) is 7.84. The molecule has 0 aliphatic heterocycles. The molecule has 0 amide bonds. The molecule has 0 spiro atoms. The SMILES string of the molecule is CC.Cc1ccc(Nc2ccc(-c3ccc(NC4=CCCC(C)C=C4)cc3)cc2)cc1. The van der Waals surface area contributed by atoms with Crippen LogP contribution in [0, 0.1) is 12.8 Å². The zero-order valence-electron chi connectivity index (χ0n) is 19.2. The van der Waals surface area contributed by atoms with Gasteiger partial charge in [0.25, 0.3) is 0 Å². The minimum absolute atomic E-state index is 0.649. The van der Waals surface area contributed by atoms with Crippen molar-refractivity contribution in [1.29, 1.82) is 0 Å². The molecule has 160 valence electrons. The van der Waals surface area contributed by atoms with Crippen molar-refractivity contribution < 1.29 is 0 Å². The van der Waals surface area contributed by atoms with Crippen LogP contribution in [-0.4, -0.2) is 0 Å². The van der Waals surface area contributed by atoms with Crippen LogP contribution in [0.2, 0.25) is 0 Å². The molecule has 4 rings (SSSR count). The van der Waals surface area contributed by atoms with E-state index in [1.165, 1.54) is 28.8 Å². The van der Waals surface area contributed by atoms with Gasteiger partial charge in [-0.15, -0.1) is 0 Å². The number of benzene rings is 3. The lowest BCUT2D eigenvalue weighted by Gasteiger charge is -2.10. The molecule has 0 radical (unpaired) electrons. The minimum atomic E-state index is 0.649. The highest BCUT2D eigenvalue weighted by atomic mass is 14.9. The predicted molar refractivity (Wildman–Crippen MR) is 137 cm³/mol. The number of aryl methyl sites for hydroxylation is 1. The van der Waals surface area contributed by atoms with Gasteiger partial charge in [-0.05, 0) is 79.3 Å². The molecule has 0 saturated carbocycles. The van der Waals surface area contributed by atoms with E-state index >= 15 is 0 Å². The van der Waals surface area contributed by atoms with Crippen LogP contribution in [0.3, 0.4) is 0 Å². The summed E-state index contributed by atoms with van der Waals surface area (Å²) in [5.41, 5.74) is 8.22. The molecule has 1 aliphatic rings.